The second-order valence-corrected chi connectivity index (χ2v) is 5.76. The molecule has 0 amide bonds. The van der Waals surface area contributed by atoms with Crippen molar-refractivity contribution in [3.8, 4) is 0 Å². The van der Waals surface area contributed by atoms with E-state index in [4.69, 9.17) is 9.15 Å². The molecule has 0 aliphatic heterocycles. The molecule has 1 unspecified atom stereocenters. The van der Waals surface area contributed by atoms with E-state index in [1.54, 1.807) is 13.4 Å². The monoisotopic (exact) mass is 348 g/mol. The first-order chi connectivity index (χ1) is 12.1. The molecule has 0 saturated carbocycles. The lowest BCUT2D eigenvalue weighted by Gasteiger charge is -2.17. The van der Waals surface area contributed by atoms with Gasteiger partial charge in [-0.05, 0) is 26.0 Å². The van der Waals surface area contributed by atoms with Gasteiger partial charge in [0.15, 0.2) is 5.96 Å². The number of methoxy groups -OCH3 is 1. The van der Waals surface area contributed by atoms with Gasteiger partial charge < -0.3 is 24.4 Å². The van der Waals surface area contributed by atoms with Crippen molar-refractivity contribution < 1.29 is 9.15 Å². The highest BCUT2D eigenvalue weighted by molar-refractivity contribution is 5.80. The second kappa shape index (κ2) is 9.83. The maximum absolute atomic E-state index is 5.67. The van der Waals surface area contributed by atoms with Crippen LogP contribution in [0.3, 0.4) is 0 Å². The van der Waals surface area contributed by atoms with Crippen LogP contribution in [0, 0.1) is 6.92 Å². The van der Waals surface area contributed by atoms with E-state index < -0.39 is 0 Å². The molecule has 0 radical (unpaired) electrons. The lowest BCUT2D eigenvalue weighted by molar-refractivity contribution is 0.208. The second-order valence-electron chi connectivity index (χ2n) is 5.76. The minimum atomic E-state index is 0.0172. The zero-order valence-corrected chi connectivity index (χ0v) is 15.5. The molecule has 2 aromatic heterocycles. The van der Waals surface area contributed by atoms with E-state index in [2.05, 4.69) is 32.7 Å². The number of aromatic nitrogens is 3. The molecule has 8 heteroatoms. The molecule has 0 aromatic carbocycles. The maximum atomic E-state index is 5.67. The van der Waals surface area contributed by atoms with Crippen molar-refractivity contribution in [2.45, 2.75) is 39.8 Å². The number of aliphatic imine (C=N–C) groups is 1. The van der Waals surface area contributed by atoms with E-state index in [1.807, 2.05) is 30.5 Å². The predicted molar refractivity (Wildman–Crippen MR) is 96.6 cm³/mol. The molecule has 0 fully saturated rings. The Bertz CT molecular complexity index is 664. The van der Waals surface area contributed by atoms with E-state index in [0.29, 0.717) is 19.7 Å². The van der Waals surface area contributed by atoms with Gasteiger partial charge >= 0.3 is 0 Å². The van der Waals surface area contributed by atoms with Crippen LogP contribution in [0.5, 0.6) is 0 Å². The molecule has 25 heavy (non-hydrogen) atoms. The SMILES string of the molecule is CCc1nncn1CCNC(=NCCOC)NC(C)c1ccc(C)o1. The van der Waals surface area contributed by atoms with Crippen LogP contribution in [0.25, 0.3) is 0 Å². The van der Waals surface area contributed by atoms with Crippen LogP contribution in [0.15, 0.2) is 27.9 Å². The Morgan fingerprint density at radius 2 is 2.28 bits per heavy atom. The van der Waals surface area contributed by atoms with Crippen molar-refractivity contribution in [2.75, 3.05) is 26.8 Å². The summed E-state index contributed by atoms with van der Waals surface area (Å²) in [5.74, 6) is 3.48. The molecule has 2 N–H and O–H groups in total. The van der Waals surface area contributed by atoms with E-state index in [1.165, 1.54) is 0 Å². The summed E-state index contributed by atoms with van der Waals surface area (Å²) in [6.07, 6.45) is 2.62. The summed E-state index contributed by atoms with van der Waals surface area (Å²) in [5, 5.41) is 14.8. The molecule has 0 saturated heterocycles. The van der Waals surface area contributed by atoms with Crippen LogP contribution in [0.2, 0.25) is 0 Å². The third-order valence-corrected chi connectivity index (χ3v) is 3.76. The molecule has 0 spiro atoms. The van der Waals surface area contributed by atoms with E-state index in [9.17, 15) is 0 Å². The molecule has 138 valence electrons. The first-order valence-electron chi connectivity index (χ1n) is 8.60. The summed E-state index contributed by atoms with van der Waals surface area (Å²) in [5.41, 5.74) is 0. The topological polar surface area (TPSA) is 89.5 Å². The molecule has 0 bridgehead atoms. The number of aryl methyl sites for hydroxylation is 2. The molecule has 0 aliphatic carbocycles. The van der Waals surface area contributed by atoms with Gasteiger partial charge in [-0.1, -0.05) is 6.92 Å². The number of hydrogen-bond donors (Lipinski definition) is 2. The van der Waals surface area contributed by atoms with Crippen LogP contribution in [-0.2, 0) is 17.7 Å². The van der Waals surface area contributed by atoms with Gasteiger partial charge in [-0.2, -0.15) is 0 Å². The van der Waals surface area contributed by atoms with Crippen LogP contribution >= 0.6 is 0 Å². The van der Waals surface area contributed by atoms with Gasteiger partial charge in [0.05, 0.1) is 19.2 Å². The van der Waals surface area contributed by atoms with Crippen LogP contribution in [0.4, 0.5) is 0 Å². The number of guanidine groups is 1. The number of furan rings is 1. The fourth-order valence-electron chi connectivity index (χ4n) is 2.40. The molecular weight excluding hydrogens is 320 g/mol. The lowest BCUT2D eigenvalue weighted by atomic mass is 10.2. The lowest BCUT2D eigenvalue weighted by Crippen LogP contribution is -2.40. The predicted octanol–water partition coefficient (Wildman–Crippen LogP) is 1.68. The van der Waals surface area contributed by atoms with Crippen molar-refractivity contribution in [1.29, 1.82) is 0 Å². The van der Waals surface area contributed by atoms with Crippen LogP contribution in [-0.4, -0.2) is 47.5 Å². The Balaban J connectivity index is 1.92. The Labute approximate surface area is 148 Å². The Kier molecular flexibility index (Phi) is 7.46. The smallest absolute Gasteiger partial charge is 0.191 e. The van der Waals surface area contributed by atoms with Gasteiger partial charge in [0.1, 0.15) is 23.7 Å². The molecule has 2 aromatic rings. The largest absolute Gasteiger partial charge is 0.464 e. The molecule has 0 aliphatic rings. The summed E-state index contributed by atoms with van der Waals surface area (Å²) in [6.45, 7) is 8.70. The van der Waals surface area contributed by atoms with Crippen molar-refractivity contribution in [3.63, 3.8) is 0 Å². The molecular formula is C17H28N6O2. The van der Waals surface area contributed by atoms with Gasteiger partial charge in [-0.15, -0.1) is 10.2 Å². The Morgan fingerprint density at radius 3 is 2.96 bits per heavy atom. The average Bonchev–Trinajstić information content (AvgIpc) is 3.23. The van der Waals surface area contributed by atoms with Crippen molar-refractivity contribution >= 4 is 5.96 Å². The Morgan fingerprint density at radius 1 is 1.44 bits per heavy atom. The quantitative estimate of drug-likeness (QED) is 0.407. The van der Waals surface area contributed by atoms with Crippen molar-refractivity contribution in [1.82, 2.24) is 25.4 Å². The van der Waals surface area contributed by atoms with Crippen molar-refractivity contribution in [3.05, 3.63) is 35.8 Å². The fraction of sp³-hybridized carbons (Fsp3) is 0.588. The number of hydrogen-bond acceptors (Lipinski definition) is 5. The van der Waals surface area contributed by atoms with Gasteiger partial charge in [-0.25, -0.2) is 0 Å². The normalized spacial score (nSPS) is 13.0. The highest BCUT2D eigenvalue weighted by atomic mass is 16.5. The number of nitrogens with one attached hydrogen (secondary N) is 2. The van der Waals surface area contributed by atoms with Gasteiger partial charge in [0.25, 0.3) is 0 Å². The Hall–Kier alpha value is -2.35. The highest BCUT2D eigenvalue weighted by Crippen LogP contribution is 2.15. The third kappa shape index (κ3) is 5.90. The zero-order valence-electron chi connectivity index (χ0n) is 15.5. The summed E-state index contributed by atoms with van der Waals surface area (Å²) in [4.78, 5) is 4.53. The van der Waals surface area contributed by atoms with Crippen LogP contribution in [0.1, 0.15) is 37.2 Å². The van der Waals surface area contributed by atoms with Gasteiger partial charge in [-0.3, -0.25) is 4.99 Å². The van der Waals surface area contributed by atoms with Crippen molar-refractivity contribution in [2.24, 2.45) is 4.99 Å². The van der Waals surface area contributed by atoms with E-state index in [-0.39, 0.29) is 6.04 Å². The minimum Gasteiger partial charge on any atom is -0.464 e. The number of nitrogens with zero attached hydrogens (tertiary/aromatic N) is 4. The van der Waals surface area contributed by atoms with E-state index in [0.717, 1.165) is 36.3 Å². The molecule has 2 heterocycles. The number of ether oxygens (including phenoxy) is 1. The van der Waals surface area contributed by atoms with Gasteiger partial charge in [0.2, 0.25) is 0 Å². The number of rotatable bonds is 9. The van der Waals surface area contributed by atoms with Gasteiger partial charge in [0, 0.05) is 26.6 Å². The molecule has 1 atom stereocenters. The summed E-state index contributed by atoms with van der Waals surface area (Å²) in [6, 6.07) is 3.95. The first kappa shape index (κ1) is 19.0. The summed E-state index contributed by atoms with van der Waals surface area (Å²) in [7, 11) is 1.67. The zero-order chi connectivity index (χ0) is 18.1. The first-order valence-corrected chi connectivity index (χ1v) is 8.60. The highest BCUT2D eigenvalue weighted by Gasteiger charge is 2.11. The summed E-state index contributed by atoms with van der Waals surface area (Å²) >= 11 is 0. The minimum absolute atomic E-state index is 0.0172. The fourth-order valence-corrected chi connectivity index (χ4v) is 2.40. The average molecular weight is 348 g/mol. The standard InChI is InChI=1S/C17H28N6O2/c1-5-16-22-20-12-23(16)10-8-18-17(19-9-11-24-4)21-14(3)15-7-6-13(2)25-15/h6-7,12,14H,5,8-11H2,1-4H3,(H2,18,19,21). The third-order valence-electron chi connectivity index (χ3n) is 3.76. The maximum Gasteiger partial charge on any atom is 0.191 e. The summed E-state index contributed by atoms with van der Waals surface area (Å²) < 4.78 is 12.8. The molecule has 2 rings (SSSR count). The van der Waals surface area contributed by atoms with E-state index >= 15 is 0 Å². The van der Waals surface area contributed by atoms with Crippen LogP contribution < -0.4 is 10.6 Å². The molecule has 8 nitrogen and oxygen atoms in total.